The van der Waals surface area contributed by atoms with Gasteiger partial charge in [0.25, 0.3) is 0 Å². The Hall–Kier alpha value is -0.160. The molecule has 0 atom stereocenters. The van der Waals surface area contributed by atoms with Crippen molar-refractivity contribution in [2.24, 2.45) is 0 Å². The van der Waals surface area contributed by atoms with E-state index >= 15 is 0 Å². The van der Waals surface area contributed by atoms with Crippen molar-refractivity contribution in [1.82, 2.24) is 10.2 Å². The molecular weight excluding hydrogens is 331 g/mol. The third-order valence-electron chi connectivity index (χ3n) is 1.88. The predicted octanol–water partition coefficient (Wildman–Crippen LogP) is 4.40. The highest BCUT2D eigenvalue weighted by Gasteiger charge is 2.07. The molecule has 0 bridgehead atoms. The molecule has 0 amide bonds. The Morgan fingerprint density at radius 2 is 2.06 bits per heavy atom. The number of nitrogens with zero attached hydrogens (tertiary/aromatic N) is 2. The van der Waals surface area contributed by atoms with E-state index in [2.05, 4.69) is 26.1 Å². The first kappa shape index (κ1) is 12.3. The second-order valence-electron chi connectivity index (χ2n) is 3.10. The normalized spacial score (nSPS) is 10.7. The van der Waals surface area contributed by atoms with Crippen LogP contribution in [-0.4, -0.2) is 16.1 Å². The SMILES string of the molecule is ClCCc1nnc(-c2cc(Cl)cc(Br)c2)s1. The van der Waals surface area contributed by atoms with E-state index in [1.54, 1.807) is 11.3 Å². The summed E-state index contributed by atoms with van der Waals surface area (Å²) in [7, 11) is 0. The van der Waals surface area contributed by atoms with Gasteiger partial charge in [0, 0.05) is 27.4 Å². The third kappa shape index (κ3) is 2.94. The molecule has 2 nitrogen and oxygen atoms in total. The summed E-state index contributed by atoms with van der Waals surface area (Å²) in [5, 5.41) is 10.7. The fraction of sp³-hybridized carbons (Fsp3) is 0.200. The summed E-state index contributed by atoms with van der Waals surface area (Å²) in [5.41, 5.74) is 0.970. The van der Waals surface area contributed by atoms with Crippen molar-refractivity contribution in [3.63, 3.8) is 0 Å². The maximum atomic E-state index is 5.97. The first-order valence-electron chi connectivity index (χ1n) is 4.54. The lowest BCUT2D eigenvalue weighted by Gasteiger charge is -1.98. The molecule has 0 unspecified atom stereocenters. The summed E-state index contributed by atoms with van der Waals surface area (Å²) < 4.78 is 0.934. The molecule has 1 aromatic carbocycles. The lowest BCUT2D eigenvalue weighted by molar-refractivity contribution is 0.990. The molecule has 0 aliphatic heterocycles. The second-order valence-corrected chi connectivity index (χ2v) is 5.89. The lowest BCUT2D eigenvalue weighted by atomic mass is 10.2. The van der Waals surface area contributed by atoms with Gasteiger partial charge in [0.05, 0.1) is 0 Å². The Kier molecular flexibility index (Phi) is 4.19. The van der Waals surface area contributed by atoms with Crippen molar-refractivity contribution in [1.29, 1.82) is 0 Å². The fourth-order valence-corrected chi connectivity index (χ4v) is 3.21. The highest BCUT2D eigenvalue weighted by Crippen LogP contribution is 2.29. The van der Waals surface area contributed by atoms with Crippen LogP contribution in [0.1, 0.15) is 5.01 Å². The summed E-state index contributed by atoms with van der Waals surface area (Å²) in [6.45, 7) is 0. The number of halogens is 3. The van der Waals surface area contributed by atoms with Gasteiger partial charge in [0.15, 0.2) is 0 Å². The van der Waals surface area contributed by atoms with E-state index < -0.39 is 0 Å². The van der Waals surface area contributed by atoms with Gasteiger partial charge < -0.3 is 0 Å². The van der Waals surface area contributed by atoms with Crippen LogP contribution in [0.5, 0.6) is 0 Å². The van der Waals surface area contributed by atoms with Gasteiger partial charge in [0.1, 0.15) is 10.0 Å². The Labute approximate surface area is 116 Å². The molecule has 2 rings (SSSR count). The number of aryl methyl sites for hydroxylation is 1. The number of hydrogen-bond acceptors (Lipinski definition) is 3. The van der Waals surface area contributed by atoms with Crippen molar-refractivity contribution in [3.05, 3.63) is 32.7 Å². The van der Waals surface area contributed by atoms with E-state index in [0.29, 0.717) is 10.9 Å². The molecule has 1 heterocycles. The Morgan fingerprint density at radius 3 is 2.75 bits per heavy atom. The summed E-state index contributed by atoms with van der Waals surface area (Å²) in [4.78, 5) is 0. The van der Waals surface area contributed by atoms with Gasteiger partial charge >= 0.3 is 0 Å². The number of benzene rings is 1. The topological polar surface area (TPSA) is 25.8 Å². The monoisotopic (exact) mass is 336 g/mol. The van der Waals surface area contributed by atoms with E-state index in [0.717, 1.165) is 26.5 Å². The van der Waals surface area contributed by atoms with Crippen LogP contribution < -0.4 is 0 Å². The molecule has 0 radical (unpaired) electrons. The van der Waals surface area contributed by atoms with E-state index in [9.17, 15) is 0 Å². The van der Waals surface area contributed by atoms with Gasteiger partial charge in [-0.15, -0.1) is 21.8 Å². The fourth-order valence-electron chi connectivity index (χ4n) is 1.23. The highest BCUT2D eigenvalue weighted by atomic mass is 79.9. The van der Waals surface area contributed by atoms with Gasteiger partial charge in [-0.25, -0.2) is 0 Å². The molecule has 0 spiro atoms. The summed E-state index contributed by atoms with van der Waals surface area (Å²) in [6.07, 6.45) is 0.751. The molecule has 2 aromatic rings. The molecule has 0 N–H and O–H groups in total. The molecule has 1 aromatic heterocycles. The molecule has 6 heteroatoms. The lowest BCUT2D eigenvalue weighted by Crippen LogP contribution is -1.83. The van der Waals surface area contributed by atoms with Crippen LogP contribution >= 0.6 is 50.5 Å². The van der Waals surface area contributed by atoms with Gasteiger partial charge in [-0.2, -0.15) is 0 Å². The summed E-state index contributed by atoms with van der Waals surface area (Å²) >= 11 is 16.6. The van der Waals surface area contributed by atoms with E-state index in [4.69, 9.17) is 23.2 Å². The second kappa shape index (κ2) is 5.45. The maximum Gasteiger partial charge on any atom is 0.147 e. The highest BCUT2D eigenvalue weighted by molar-refractivity contribution is 9.10. The number of hydrogen-bond donors (Lipinski definition) is 0. The van der Waals surface area contributed by atoms with Crippen LogP contribution in [0.15, 0.2) is 22.7 Å². The van der Waals surface area contributed by atoms with Crippen molar-refractivity contribution < 1.29 is 0 Å². The number of rotatable bonds is 3. The van der Waals surface area contributed by atoms with Crippen molar-refractivity contribution in [2.45, 2.75) is 6.42 Å². The molecule has 0 aliphatic rings. The zero-order chi connectivity index (χ0) is 11.5. The van der Waals surface area contributed by atoms with Crippen LogP contribution in [0.3, 0.4) is 0 Å². The quantitative estimate of drug-likeness (QED) is 0.775. The number of aromatic nitrogens is 2. The van der Waals surface area contributed by atoms with Gasteiger partial charge in [-0.1, -0.05) is 38.9 Å². The number of alkyl halides is 1. The van der Waals surface area contributed by atoms with E-state index in [1.807, 2.05) is 18.2 Å². The van der Waals surface area contributed by atoms with Gasteiger partial charge in [-0.05, 0) is 18.2 Å². The van der Waals surface area contributed by atoms with Gasteiger partial charge in [-0.3, -0.25) is 0 Å². The maximum absolute atomic E-state index is 5.97. The van der Waals surface area contributed by atoms with Crippen molar-refractivity contribution in [2.75, 3.05) is 5.88 Å². The third-order valence-corrected chi connectivity index (χ3v) is 3.78. The minimum Gasteiger partial charge on any atom is -0.143 e. The molecule has 0 saturated heterocycles. The molecule has 0 fully saturated rings. The zero-order valence-corrected chi connectivity index (χ0v) is 12.0. The zero-order valence-electron chi connectivity index (χ0n) is 8.08. The standard InChI is InChI=1S/C10H7BrCl2N2S/c11-7-3-6(4-8(13)5-7)10-15-14-9(16-10)1-2-12/h3-5H,1-2H2. The van der Waals surface area contributed by atoms with Crippen molar-refractivity contribution >= 4 is 50.5 Å². The Morgan fingerprint density at radius 1 is 1.25 bits per heavy atom. The minimum atomic E-state index is 0.563. The largest absolute Gasteiger partial charge is 0.147 e. The van der Waals surface area contributed by atoms with Crippen LogP contribution in [0.4, 0.5) is 0 Å². The molecule has 84 valence electrons. The average molecular weight is 338 g/mol. The van der Waals surface area contributed by atoms with Crippen molar-refractivity contribution in [3.8, 4) is 10.6 Å². The summed E-state index contributed by atoms with van der Waals surface area (Å²) in [5.74, 6) is 0.563. The minimum absolute atomic E-state index is 0.563. The molecular formula is C10H7BrCl2N2S. The summed E-state index contributed by atoms with van der Waals surface area (Å²) in [6, 6.07) is 5.68. The first-order valence-corrected chi connectivity index (χ1v) is 7.06. The van der Waals surface area contributed by atoms with Gasteiger partial charge in [0.2, 0.25) is 0 Å². The van der Waals surface area contributed by atoms with E-state index in [1.165, 1.54) is 0 Å². The first-order chi connectivity index (χ1) is 7.69. The van der Waals surface area contributed by atoms with E-state index in [-0.39, 0.29) is 0 Å². The van der Waals surface area contributed by atoms with Crippen LogP contribution in [0, 0.1) is 0 Å². The Balaban J connectivity index is 2.34. The molecule has 0 aliphatic carbocycles. The van der Waals surface area contributed by atoms with Crippen LogP contribution in [-0.2, 0) is 6.42 Å². The average Bonchev–Trinajstić information content (AvgIpc) is 2.65. The Bertz CT molecular complexity index is 481. The van der Waals surface area contributed by atoms with Crippen LogP contribution in [0.2, 0.25) is 5.02 Å². The molecule has 0 saturated carbocycles. The molecule has 16 heavy (non-hydrogen) atoms. The van der Waals surface area contributed by atoms with Crippen LogP contribution in [0.25, 0.3) is 10.6 Å². The predicted molar refractivity (Wildman–Crippen MR) is 72.5 cm³/mol. The smallest absolute Gasteiger partial charge is 0.143 e.